The van der Waals surface area contributed by atoms with E-state index in [1.807, 2.05) is 0 Å². The minimum Gasteiger partial charge on any atom is -0.318 e. The maximum absolute atomic E-state index is 11.3. The number of anilines is 2. The molecule has 21 heavy (non-hydrogen) atoms. The Hall–Kier alpha value is -1.68. The van der Waals surface area contributed by atoms with Gasteiger partial charge in [0.2, 0.25) is 0 Å². The summed E-state index contributed by atoms with van der Waals surface area (Å²) in [5.74, 6) is 0. The smallest absolute Gasteiger partial charge is 0.190 e. The number of hydrogen-bond donors (Lipinski definition) is 0. The minimum absolute atomic E-state index is 0.786. The number of nitrogens with zero attached hydrogens (tertiary/aromatic N) is 2. The molecular formula is C17H20N2OS. The molecule has 0 atom stereocenters. The van der Waals surface area contributed by atoms with Gasteiger partial charge in [-0.2, -0.15) is 0 Å². The van der Waals surface area contributed by atoms with E-state index in [0.29, 0.717) is 0 Å². The summed E-state index contributed by atoms with van der Waals surface area (Å²) < 4.78 is 0. The van der Waals surface area contributed by atoms with Gasteiger partial charge in [0.25, 0.3) is 0 Å². The third-order valence-corrected chi connectivity index (χ3v) is 4.95. The van der Waals surface area contributed by atoms with Crippen molar-refractivity contribution in [1.29, 1.82) is 0 Å². The summed E-state index contributed by atoms with van der Waals surface area (Å²) in [6, 6.07) is 8.55. The van der Waals surface area contributed by atoms with Crippen molar-refractivity contribution < 1.29 is 4.79 Å². The molecule has 1 aliphatic heterocycles. The van der Waals surface area contributed by atoms with E-state index >= 15 is 0 Å². The predicted octanol–water partition coefficient (Wildman–Crippen LogP) is 4.38. The largest absolute Gasteiger partial charge is 0.318 e. The second kappa shape index (κ2) is 6.39. The van der Waals surface area contributed by atoms with Gasteiger partial charge in [-0.1, -0.05) is 42.9 Å². The number of fused-ring (bicyclic) bond motifs is 1. The lowest BCUT2D eigenvalue weighted by atomic mass is 10.1. The molecule has 0 spiro atoms. The van der Waals surface area contributed by atoms with Crippen LogP contribution in [0.5, 0.6) is 0 Å². The predicted molar refractivity (Wildman–Crippen MR) is 87.9 cm³/mol. The van der Waals surface area contributed by atoms with Crippen LogP contribution in [0.1, 0.15) is 47.1 Å². The van der Waals surface area contributed by atoms with E-state index in [9.17, 15) is 4.79 Å². The summed E-state index contributed by atoms with van der Waals surface area (Å²) >= 11 is 1.53. The Labute approximate surface area is 129 Å². The number of hydrogen-bond acceptors (Lipinski definition) is 4. The molecule has 0 N–H and O–H groups in total. The van der Waals surface area contributed by atoms with Crippen molar-refractivity contribution in [3.05, 3.63) is 40.4 Å². The number of para-hydroxylation sites is 1. The third-order valence-electron chi connectivity index (χ3n) is 3.90. The summed E-state index contributed by atoms with van der Waals surface area (Å²) in [6.45, 7) is 3.10. The fourth-order valence-electron chi connectivity index (χ4n) is 2.86. The van der Waals surface area contributed by atoms with Crippen LogP contribution in [0.25, 0.3) is 0 Å². The second-order valence-electron chi connectivity index (χ2n) is 5.41. The number of aldehydes is 1. The van der Waals surface area contributed by atoms with E-state index in [1.54, 1.807) is 0 Å². The van der Waals surface area contributed by atoms with E-state index in [-0.39, 0.29) is 0 Å². The van der Waals surface area contributed by atoms with E-state index in [0.717, 1.165) is 54.2 Å². The topological polar surface area (TPSA) is 33.2 Å². The van der Waals surface area contributed by atoms with Crippen LogP contribution in [-0.4, -0.2) is 17.8 Å². The fraction of sp³-hybridized carbons (Fsp3) is 0.412. The van der Waals surface area contributed by atoms with Crippen molar-refractivity contribution >= 4 is 28.4 Å². The summed E-state index contributed by atoms with van der Waals surface area (Å²) in [4.78, 5) is 19.1. The van der Waals surface area contributed by atoms with Gasteiger partial charge >= 0.3 is 0 Å². The van der Waals surface area contributed by atoms with Gasteiger partial charge in [-0.05, 0) is 37.3 Å². The Morgan fingerprint density at radius 2 is 2.19 bits per heavy atom. The number of carbonyl (C=O) groups excluding carboxylic acids is 1. The molecule has 2 heterocycles. The Bertz CT molecular complexity index is 635. The van der Waals surface area contributed by atoms with E-state index in [2.05, 4.69) is 36.1 Å². The van der Waals surface area contributed by atoms with Gasteiger partial charge in [-0.25, -0.2) is 4.98 Å². The average Bonchev–Trinajstić information content (AvgIpc) is 2.78. The summed E-state index contributed by atoms with van der Waals surface area (Å²) in [5, 5.41) is 0.968. The van der Waals surface area contributed by atoms with Crippen molar-refractivity contribution in [2.75, 3.05) is 11.4 Å². The lowest BCUT2D eigenvalue weighted by Gasteiger charge is -2.21. The Morgan fingerprint density at radius 3 is 3.00 bits per heavy atom. The molecule has 3 rings (SSSR count). The number of rotatable bonds is 4. The van der Waals surface area contributed by atoms with E-state index in [1.165, 1.54) is 29.0 Å². The summed E-state index contributed by atoms with van der Waals surface area (Å²) in [6.07, 6.45) is 6.34. The molecule has 1 aliphatic rings. The molecule has 0 radical (unpaired) electrons. The molecule has 0 bridgehead atoms. The molecule has 0 aliphatic carbocycles. The molecule has 2 aromatic rings. The van der Waals surface area contributed by atoms with Gasteiger partial charge in [0, 0.05) is 12.2 Å². The standard InChI is InChI=1S/C17H20N2OS/c1-2-7-14-16(12-20)21-17(18-14)19-11-6-5-9-13-8-3-4-10-15(13)19/h3-4,8,10,12H,2,5-7,9,11H2,1H3. The van der Waals surface area contributed by atoms with Crippen molar-refractivity contribution in [2.24, 2.45) is 0 Å². The molecule has 0 amide bonds. The Kier molecular flexibility index (Phi) is 4.34. The third kappa shape index (κ3) is 2.86. The molecule has 0 saturated heterocycles. The molecule has 0 fully saturated rings. The van der Waals surface area contributed by atoms with Crippen LogP contribution in [0.15, 0.2) is 24.3 Å². The maximum Gasteiger partial charge on any atom is 0.190 e. The first-order valence-electron chi connectivity index (χ1n) is 7.63. The monoisotopic (exact) mass is 300 g/mol. The molecule has 0 unspecified atom stereocenters. The average molecular weight is 300 g/mol. The molecule has 4 heteroatoms. The zero-order chi connectivity index (χ0) is 14.7. The van der Waals surface area contributed by atoms with Crippen LogP contribution >= 0.6 is 11.3 Å². The lowest BCUT2D eigenvalue weighted by molar-refractivity contribution is 0.112. The van der Waals surface area contributed by atoms with Crippen LogP contribution in [0.4, 0.5) is 10.8 Å². The highest BCUT2D eigenvalue weighted by Gasteiger charge is 2.21. The van der Waals surface area contributed by atoms with Crippen molar-refractivity contribution in [1.82, 2.24) is 4.98 Å². The van der Waals surface area contributed by atoms with Gasteiger partial charge < -0.3 is 4.90 Å². The van der Waals surface area contributed by atoms with Gasteiger partial charge in [0.15, 0.2) is 11.4 Å². The first kappa shape index (κ1) is 14.3. The van der Waals surface area contributed by atoms with Crippen LogP contribution < -0.4 is 4.90 Å². The number of aryl methyl sites for hydroxylation is 2. The summed E-state index contributed by atoms with van der Waals surface area (Å²) in [7, 11) is 0. The highest BCUT2D eigenvalue weighted by molar-refractivity contribution is 7.17. The number of thiazole rings is 1. The van der Waals surface area contributed by atoms with Crippen LogP contribution in [0.2, 0.25) is 0 Å². The minimum atomic E-state index is 0.786. The zero-order valence-corrected chi connectivity index (χ0v) is 13.2. The van der Waals surface area contributed by atoms with Crippen LogP contribution in [0, 0.1) is 0 Å². The highest BCUT2D eigenvalue weighted by atomic mass is 32.1. The molecule has 1 aromatic heterocycles. The second-order valence-corrected chi connectivity index (χ2v) is 6.42. The highest BCUT2D eigenvalue weighted by Crippen LogP contribution is 2.36. The molecule has 0 saturated carbocycles. The van der Waals surface area contributed by atoms with Crippen molar-refractivity contribution in [3.63, 3.8) is 0 Å². The van der Waals surface area contributed by atoms with Crippen LogP contribution in [-0.2, 0) is 12.8 Å². The maximum atomic E-state index is 11.3. The zero-order valence-electron chi connectivity index (χ0n) is 12.3. The molecule has 1 aromatic carbocycles. The van der Waals surface area contributed by atoms with Crippen LogP contribution in [0.3, 0.4) is 0 Å². The van der Waals surface area contributed by atoms with Gasteiger partial charge in [-0.15, -0.1) is 0 Å². The Morgan fingerprint density at radius 1 is 1.33 bits per heavy atom. The first-order valence-corrected chi connectivity index (χ1v) is 8.45. The van der Waals surface area contributed by atoms with Crippen molar-refractivity contribution in [3.8, 4) is 0 Å². The SMILES string of the molecule is CCCc1nc(N2CCCCc3ccccc32)sc1C=O. The number of benzene rings is 1. The van der Waals surface area contributed by atoms with E-state index < -0.39 is 0 Å². The lowest BCUT2D eigenvalue weighted by Crippen LogP contribution is -2.17. The van der Waals surface area contributed by atoms with Gasteiger partial charge in [-0.3, -0.25) is 4.79 Å². The van der Waals surface area contributed by atoms with E-state index in [4.69, 9.17) is 4.98 Å². The quantitative estimate of drug-likeness (QED) is 0.785. The normalized spacial score (nSPS) is 14.6. The van der Waals surface area contributed by atoms with Crippen molar-refractivity contribution in [2.45, 2.75) is 39.0 Å². The van der Waals surface area contributed by atoms with Gasteiger partial charge in [0.05, 0.1) is 10.6 Å². The summed E-state index contributed by atoms with van der Waals surface area (Å²) in [5.41, 5.74) is 3.59. The molecule has 3 nitrogen and oxygen atoms in total. The first-order chi connectivity index (χ1) is 10.3. The molecular weight excluding hydrogens is 280 g/mol. The molecule has 110 valence electrons. The Balaban J connectivity index is 2.01. The number of aromatic nitrogens is 1. The van der Waals surface area contributed by atoms with Gasteiger partial charge in [0.1, 0.15) is 0 Å². The number of carbonyl (C=O) groups is 1. The fourth-order valence-corrected chi connectivity index (χ4v) is 3.83.